The summed E-state index contributed by atoms with van der Waals surface area (Å²) in [5.74, 6) is -0.135. The summed E-state index contributed by atoms with van der Waals surface area (Å²) >= 11 is 0. The monoisotopic (exact) mass is 339 g/mol. The van der Waals surface area contributed by atoms with Gasteiger partial charge >= 0.3 is 0 Å². The van der Waals surface area contributed by atoms with E-state index in [1.165, 1.54) is 0 Å². The molecule has 1 atom stereocenters. The number of hydrogen-bond donors (Lipinski definition) is 2. The molecular weight excluding hydrogens is 314 g/mol. The van der Waals surface area contributed by atoms with Crippen molar-refractivity contribution in [2.75, 3.05) is 5.32 Å². The van der Waals surface area contributed by atoms with Gasteiger partial charge in [0.15, 0.2) is 0 Å². The Hall–Kier alpha value is -2.69. The minimum absolute atomic E-state index is 0.0447. The number of amides is 2. The fraction of sp³-hybridized carbons (Fsp3) is 0.350. The van der Waals surface area contributed by atoms with Gasteiger partial charge in [0, 0.05) is 36.1 Å². The van der Waals surface area contributed by atoms with E-state index in [2.05, 4.69) is 15.6 Å². The molecule has 0 fully saturated rings. The summed E-state index contributed by atoms with van der Waals surface area (Å²) in [5, 5.41) is 5.85. The van der Waals surface area contributed by atoms with Crippen LogP contribution in [0.2, 0.25) is 0 Å². The van der Waals surface area contributed by atoms with Gasteiger partial charge in [0.25, 0.3) is 5.91 Å². The van der Waals surface area contributed by atoms with Crippen LogP contribution in [0, 0.1) is 6.92 Å². The van der Waals surface area contributed by atoms with Crippen molar-refractivity contribution in [2.45, 2.75) is 46.1 Å². The zero-order chi connectivity index (χ0) is 18.2. The molecule has 5 heteroatoms. The van der Waals surface area contributed by atoms with Crippen LogP contribution in [0.5, 0.6) is 0 Å². The third-order valence-electron chi connectivity index (χ3n) is 4.14. The van der Waals surface area contributed by atoms with E-state index in [9.17, 15) is 9.59 Å². The molecule has 0 aliphatic heterocycles. The Balaban J connectivity index is 1.94. The van der Waals surface area contributed by atoms with Gasteiger partial charge in [0.05, 0.1) is 0 Å². The van der Waals surface area contributed by atoms with E-state index >= 15 is 0 Å². The first-order valence-electron chi connectivity index (χ1n) is 8.60. The van der Waals surface area contributed by atoms with Gasteiger partial charge in [-0.15, -0.1) is 0 Å². The Bertz CT molecular complexity index is 729. The van der Waals surface area contributed by atoms with E-state index < -0.39 is 0 Å². The molecule has 2 aromatic rings. The van der Waals surface area contributed by atoms with Crippen LogP contribution in [0.25, 0.3) is 0 Å². The van der Waals surface area contributed by atoms with Gasteiger partial charge in [0.2, 0.25) is 5.91 Å². The van der Waals surface area contributed by atoms with Gasteiger partial charge in [-0.3, -0.25) is 14.6 Å². The average Bonchev–Trinajstić information content (AvgIpc) is 2.62. The summed E-state index contributed by atoms with van der Waals surface area (Å²) in [6.07, 6.45) is 5.40. The van der Waals surface area contributed by atoms with Crippen LogP contribution in [0.1, 0.15) is 48.2 Å². The number of hydrogen-bond acceptors (Lipinski definition) is 3. The summed E-state index contributed by atoms with van der Waals surface area (Å²) in [6, 6.07) is 9.28. The number of benzene rings is 1. The topological polar surface area (TPSA) is 71.1 Å². The molecule has 0 aliphatic rings. The first-order valence-corrected chi connectivity index (χ1v) is 8.60. The number of rotatable bonds is 7. The van der Waals surface area contributed by atoms with E-state index in [0.717, 1.165) is 23.2 Å². The Morgan fingerprint density at radius 2 is 1.88 bits per heavy atom. The number of carbonyl (C=O) groups excluding carboxylic acids is 2. The lowest BCUT2D eigenvalue weighted by Gasteiger charge is -2.13. The molecular formula is C20H25N3O2. The number of pyridine rings is 1. The molecule has 0 bridgehead atoms. The zero-order valence-corrected chi connectivity index (χ0v) is 15.0. The van der Waals surface area contributed by atoms with Crippen molar-refractivity contribution in [3.8, 4) is 0 Å². The molecule has 5 nitrogen and oxygen atoms in total. The fourth-order valence-corrected chi connectivity index (χ4v) is 2.37. The predicted molar refractivity (Wildman–Crippen MR) is 99.6 cm³/mol. The van der Waals surface area contributed by atoms with Crippen LogP contribution in [-0.4, -0.2) is 22.8 Å². The molecule has 1 aromatic heterocycles. The first-order chi connectivity index (χ1) is 12.0. The molecule has 0 aliphatic carbocycles. The second-order valence-corrected chi connectivity index (χ2v) is 6.22. The predicted octanol–water partition coefficient (Wildman–Crippen LogP) is 3.49. The van der Waals surface area contributed by atoms with Crippen molar-refractivity contribution in [3.05, 3.63) is 59.4 Å². The maximum absolute atomic E-state index is 12.2. The number of aryl methyl sites for hydroxylation is 2. The van der Waals surface area contributed by atoms with Crippen LogP contribution in [-0.2, 0) is 11.2 Å². The molecule has 25 heavy (non-hydrogen) atoms. The summed E-state index contributed by atoms with van der Waals surface area (Å²) in [5.41, 5.74) is 3.29. The minimum atomic E-state index is -0.0898. The van der Waals surface area contributed by atoms with E-state index in [0.29, 0.717) is 18.4 Å². The van der Waals surface area contributed by atoms with Crippen molar-refractivity contribution in [1.29, 1.82) is 0 Å². The summed E-state index contributed by atoms with van der Waals surface area (Å²) in [6.45, 7) is 5.89. The number of carbonyl (C=O) groups is 2. The van der Waals surface area contributed by atoms with Crippen molar-refractivity contribution in [3.63, 3.8) is 0 Å². The quantitative estimate of drug-likeness (QED) is 0.811. The standard InChI is InChI=1S/C20H25N3O2/c1-4-15(3)22-20(25)17-6-7-18(14(2)13-17)23-19(24)8-5-16-9-11-21-12-10-16/h6-7,9-13,15H,4-5,8H2,1-3H3,(H,22,25)(H,23,24)/t15-/m1/s1. The molecule has 0 saturated heterocycles. The molecule has 2 rings (SSSR count). The molecule has 2 amide bonds. The van der Waals surface area contributed by atoms with Gasteiger partial charge < -0.3 is 10.6 Å². The molecule has 1 aromatic carbocycles. The highest BCUT2D eigenvalue weighted by Gasteiger charge is 2.11. The molecule has 2 N–H and O–H groups in total. The van der Waals surface area contributed by atoms with E-state index in [1.54, 1.807) is 30.6 Å². The van der Waals surface area contributed by atoms with Crippen LogP contribution in [0.3, 0.4) is 0 Å². The largest absolute Gasteiger partial charge is 0.350 e. The highest BCUT2D eigenvalue weighted by atomic mass is 16.2. The average molecular weight is 339 g/mol. The number of nitrogens with zero attached hydrogens (tertiary/aromatic N) is 1. The lowest BCUT2D eigenvalue weighted by atomic mass is 10.1. The molecule has 0 unspecified atom stereocenters. The maximum Gasteiger partial charge on any atom is 0.251 e. The van der Waals surface area contributed by atoms with Crippen molar-refractivity contribution >= 4 is 17.5 Å². The van der Waals surface area contributed by atoms with E-state index in [-0.39, 0.29) is 17.9 Å². The summed E-state index contributed by atoms with van der Waals surface area (Å²) in [7, 11) is 0. The van der Waals surface area contributed by atoms with Gasteiger partial charge in [-0.2, -0.15) is 0 Å². The fourth-order valence-electron chi connectivity index (χ4n) is 2.37. The van der Waals surface area contributed by atoms with Gasteiger partial charge in [0.1, 0.15) is 0 Å². The van der Waals surface area contributed by atoms with Crippen LogP contribution >= 0.6 is 0 Å². The molecule has 132 valence electrons. The van der Waals surface area contributed by atoms with Crippen molar-refractivity contribution < 1.29 is 9.59 Å². The summed E-state index contributed by atoms with van der Waals surface area (Å²) < 4.78 is 0. The van der Waals surface area contributed by atoms with Gasteiger partial charge in [-0.1, -0.05) is 6.92 Å². The lowest BCUT2D eigenvalue weighted by Crippen LogP contribution is -2.31. The second kappa shape index (κ2) is 8.97. The Morgan fingerprint density at radius 1 is 1.16 bits per heavy atom. The molecule has 0 radical (unpaired) electrons. The third-order valence-corrected chi connectivity index (χ3v) is 4.14. The molecule has 1 heterocycles. The van der Waals surface area contributed by atoms with Gasteiger partial charge in [-0.05, 0) is 68.1 Å². The summed E-state index contributed by atoms with van der Waals surface area (Å²) in [4.78, 5) is 28.3. The third kappa shape index (κ3) is 5.71. The van der Waals surface area contributed by atoms with Crippen LogP contribution < -0.4 is 10.6 Å². The SMILES string of the molecule is CC[C@@H](C)NC(=O)c1ccc(NC(=O)CCc2ccncc2)c(C)c1. The first kappa shape index (κ1) is 18.6. The zero-order valence-electron chi connectivity index (χ0n) is 15.0. The highest BCUT2D eigenvalue weighted by Crippen LogP contribution is 2.17. The normalized spacial score (nSPS) is 11.6. The van der Waals surface area contributed by atoms with Crippen molar-refractivity contribution in [2.24, 2.45) is 0 Å². The second-order valence-electron chi connectivity index (χ2n) is 6.22. The minimum Gasteiger partial charge on any atom is -0.350 e. The highest BCUT2D eigenvalue weighted by molar-refractivity contribution is 5.96. The van der Waals surface area contributed by atoms with Crippen LogP contribution in [0.4, 0.5) is 5.69 Å². The molecule has 0 saturated carbocycles. The van der Waals surface area contributed by atoms with Crippen molar-refractivity contribution in [1.82, 2.24) is 10.3 Å². The Kier molecular flexibility index (Phi) is 6.69. The lowest BCUT2D eigenvalue weighted by molar-refractivity contribution is -0.116. The van der Waals surface area contributed by atoms with E-state index in [1.807, 2.05) is 32.9 Å². The van der Waals surface area contributed by atoms with Gasteiger partial charge in [-0.25, -0.2) is 0 Å². The molecule has 0 spiro atoms. The van der Waals surface area contributed by atoms with Crippen LogP contribution in [0.15, 0.2) is 42.7 Å². The van der Waals surface area contributed by atoms with E-state index in [4.69, 9.17) is 0 Å². The number of anilines is 1. The maximum atomic E-state index is 12.2. The smallest absolute Gasteiger partial charge is 0.251 e. The number of aromatic nitrogens is 1. The number of nitrogens with one attached hydrogen (secondary N) is 2. The Morgan fingerprint density at radius 3 is 2.52 bits per heavy atom. The Labute approximate surface area is 148 Å².